The average molecular weight is 355 g/mol. The molecule has 1 aliphatic rings. The highest BCUT2D eigenvalue weighted by Gasteiger charge is 2.40. The van der Waals surface area contributed by atoms with Crippen molar-refractivity contribution in [3.63, 3.8) is 0 Å². The van der Waals surface area contributed by atoms with Gasteiger partial charge in [-0.25, -0.2) is 0 Å². The summed E-state index contributed by atoms with van der Waals surface area (Å²) in [5.41, 5.74) is 1.35. The molecule has 1 atom stereocenters. The van der Waals surface area contributed by atoms with Gasteiger partial charge in [0.05, 0.1) is 10.7 Å². The maximum atomic E-state index is 6.80. The van der Waals surface area contributed by atoms with E-state index in [0.29, 0.717) is 4.58 Å². The summed E-state index contributed by atoms with van der Waals surface area (Å²) in [6.45, 7) is 11.7. The van der Waals surface area contributed by atoms with E-state index in [9.17, 15) is 0 Å². The highest BCUT2D eigenvalue weighted by atomic mass is 32.2. The zero-order chi connectivity index (χ0) is 16.2. The van der Waals surface area contributed by atoms with E-state index < -0.39 is 8.32 Å². The van der Waals surface area contributed by atoms with E-state index in [2.05, 4.69) is 87.7 Å². The molecular weight excluding hydrogens is 324 g/mol. The van der Waals surface area contributed by atoms with Gasteiger partial charge < -0.3 is 4.43 Å². The molecule has 0 aromatic heterocycles. The molecule has 4 heteroatoms. The summed E-state index contributed by atoms with van der Waals surface area (Å²) in [4.78, 5) is 0. The van der Waals surface area contributed by atoms with Crippen LogP contribution in [0.2, 0.25) is 18.1 Å². The Kier molecular flexibility index (Phi) is 6.52. The Morgan fingerprint density at radius 1 is 1.14 bits per heavy atom. The summed E-state index contributed by atoms with van der Waals surface area (Å²) in [5.74, 6) is 2.61. The van der Waals surface area contributed by atoms with Gasteiger partial charge in [-0.1, -0.05) is 51.1 Å². The summed E-state index contributed by atoms with van der Waals surface area (Å²) in [6.07, 6.45) is 2.72. The zero-order valence-electron chi connectivity index (χ0n) is 14.6. The van der Waals surface area contributed by atoms with Crippen molar-refractivity contribution >= 4 is 31.8 Å². The van der Waals surface area contributed by atoms with E-state index in [0.717, 1.165) is 6.42 Å². The topological polar surface area (TPSA) is 9.23 Å². The van der Waals surface area contributed by atoms with Gasteiger partial charge in [0.2, 0.25) is 0 Å². The molecule has 0 unspecified atom stereocenters. The lowest BCUT2D eigenvalue weighted by Crippen LogP contribution is -2.42. The van der Waals surface area contributed by atoms with Crippen molar-refractivity contribution in [1.82, 2.24) is 0 Å². The van der Waals surface area contributed by atoms with Gasteiger partial charge in [-0.2, -0.15) is 0 Å². The van der Waals surface area contributed by atoms with E-state index in [4.69, 9.17) is 4.43 Å². The predicted molar refractivity (Wildman–Crippen MR) is 105 cm³/mol. The maximum Gasteiger partial charge on any atom is 0.192 e. The number of thioether (sulfide) groups is 2. The molecule has 1 saturated heterocycles. The third-order valence-electron chi connectivity index (χ3n) is 4.72. The molecule has 0 N–H and O–H groups in total. The van der Waals surface area contributed by atoms with Crippen molar-refractivity contribution in [2.75, 3.05) is 11.5 Å². The van der Waals surface area contributed by atoms with Crippen molar-refractivity contribution < 1.29 is 4.43 Å². The lowest BCUT2D eigenvalue weighted by molar-refractivity contribution is 0.178. The number of hydrogen-bond acceptors (Lipinski definition) is 3. The van der Waals surface area contributed by atoms with E-state index in [1.165, 1.54) is 23.5 Å². The predicted octanol–water partition coefficient (Wildman–Crippen LogP) is 6.34. The van der Waals surface area contributed by atoms with E-state index >= 15 is 0 Å². The minimum absolute atomic E-state index is 0.241. The lowest BCUT2D eigenvalue weighted by atomic mass is 10.1. The van der Waals surface area contributed by atoms with Gasteiger partial charge in [0.15, 0.2) is 8.32 Å². The van der Waals surface area contributed by atoms with Gasteiger partial charge in [-0.3, -0.25) is 0 Å². The van der Waals surface area contributed by atoms with Crippen LogP contribution in [0.1, 0.15) is 45.3 Å². The van der Waals surface area contributed by atoms with Crippen LogP contribution in [-0.2, 0) is 4.43 Å². The van der Waals surface area contributed by atoms with Gasteiger partial charge in [-0.05, 0) is 48.0 Å². The Hall–Kier alpha value is 0.0969. The summed E-state index contributed by atoms with van der Waals surface area (Å²) in [5, 5.41) is 0.257. The molecule has 124 valence electrons. The summed E-state index contributed by atoms with van der Waals surface area (Å²) >= 11 is 4.24. The fourth-order valence-corrected chi connectivity index (χ4v) is 6.51. The second-order valence-electron chi connectivity index (χ2n) is 7.54. The molecule has 1 heterocycles. The van der Waals surface area contributed by atoms with Crippen molar-refractivity contribution in [2.45, 2.75) is 62.4 Å². The fraction of sp³-hybridized carbons (Fsp3) is 0.667. The van der Waals surface area contributed by atoms with Crippen LogP contribution in [0, 0.1) is 0 Å². The Morgan fingerprint density at radius 3 is 2.27 bits per heavy atom. The second kappa shape index (κ2) is 7.78. The van der Waals surface area contributed by atoms with Crippen LogP contribution in [-0.4, -0.2) is 24.4 Å². The monoisotopic (exact) mass is 354 g/mol. The first kappa shape index (κ1) is 18.4. The minimum atomic E-state index is -1.75. The van der Waals surface area contributed by atoms with Crippen LogP contribution in [0.5, 0.6) is 0 Å². The third kappa shape index (κ3) is 5.05. The molecule has 2 rings (SSSR count). The van der Waals surface area contributed by atoms with Crippen molar-refractivity contribution in [2.24, 2.45) is 0 Å². The number of rotatable bonds is 5. The van der Waals surface area contributed by atoms with Crippen molar-refractivity contribution in [3.05, 3.63) is 35.9 Å². The molecule has 0 bridgehead atoms. The first-order valence-corrected chi connectivity index (χ1v) is 13.3. The van der Waals surface area contributed by atoms with Gasteiger partial charge in [0, 0.05) is 0 Å². The van der Waals surface area contributed by atoms with Crippen LogP contribution >= 0.6 is 23.5 Å². The van der Waals surface area contributed by atoms with Gasteiger partial charge >= 0.3 is 0 Å². The molecule has 0 aliphatic carbocycles. The highest BCUT2D eigenvalue weighted by molar-refractivity contribution is 8.17. The van der Waals surface area contributed by atoms with Crippen LogP contribution in [0.15, 0.2) is 30.3 Å². The standard InChI is InChI=1S/C18H30OS2Si/c1-18(2,3)22(4,5)19-16(15-10-7-6-8-11-15)14-17-20-12-9-13-21-17/h6-8,10-11,16-17H,9,12-14H2,1-5H3/t16-/m1/s1. The van der Waals surface area contributed by atoms with Crippen LogP contribution in [0.25, 0.3) is 0 Å². The molecule has 1 nitrogen and oxygen atoms in total. The quantitative estimate of drug-likeness (QED) is 0.571. The lowest BCUT2D eigenvalue weighted by Gasteiger charge is -2.40. The fourth-order valence-electron chi connectivity index (χ4n) is 2.30. The van der Waals surface area contributed by atoms with E-state index in [-0.39, 0.29) is 11.1 Å². The van der Waals surface area contributed by atoms with Crippen LogP contribution < -0.4 is 0 Å². The Balaban J connectivity index is 2.14. The Labute approximate surface area is 146 Å². The summed E-state index contributed by atoms with van der Waals surface area (Å²) < 4.78 is 7.49. The first-order chi connectivity index (χ1) is 10.3. The zero-order valence-corrected chi connectivity index (χ0v) is 17.2. The van der Waals surface area contributed by atoms with Crippen LogP contribution in [0.3, 0.4) is 0 Å². The van der Waals surface area contributed by atoms with Crippen molar-refractivity contribution in [3.8, 4) is 0 Å². The second-order valence-corrected chi connectivity index (χ2v) is 15.2. The molecule has 1 aliphatic heterocycles. The summed E-state index contributed by atoms with van der Waals surface area (Å²) in [6, 6.07) is 10.8. The number of hydrogen-bond donors (Lipinski definition) is 0. The SMILES string of the molecule is CC(C)(C)[Si](C)(C)O[C@H](CC1SCCCS1)c1ccccc1. The highest BCUT2D eigenvalue weighted by Crippen LogP contribution is 2.43. The molecule has 1 aromatic carbocycles. The summed E-state index contributed by atoms with van der Waals surface area (Å²) in [7, 11) is -1.75. The molecule has 22 heavy (non-hydrogen) atoms. The van der Waals surface area contributed by atoms with Gasteiger partial charge in [-0.15, -0.1) is 23.5 Å². The number of benzene rings is 1. The van der Waals surface area contributed by atoms with E-state index in [1.54, 1.807) is 0 Å². The molecule has 0 radical (unpaired) electrons. The maximum absolute atomic E-state index is 6.80. The molecule has 0 spiro atoms. The normalized spacial score (nSPS) is 19.1. The Bertz CT molecular complexity index is 450. The van der Waals surface area contributed by atoms with Gasteiger partial charge in [0.25, 0.3) is 0 Å². The largest absolute Gasteiger partial charge is 0.410 e. The Morgan fingerprint density at radius 2 is 1.73 bits per heavy atom. The van der Waals surface area contributed by atoms with Crippen LogP contribution in [0.4, 0.5) is 0 Å². The molecule has 0 saturated carbocycles. The van der Waals surface area contributed by atoms with Crippen molar-refractivity contribution in [1.29, 1.82) is 0 Å². The smallest absolute Gasteiger partial charge is 0.192 e. The molecular formula is C18H30OS2Si. The first-order valence-electron chi connectivity index (χ1n) is 8.25. The molecule has 1 aromatic rings. The molecule has 1 fully saturated rings. The minimum Gasteiger partial charge on any atom is -0.410 e. The van der Waals surface area contributed by atoms with E-state index in [1.807, 2.05) is 0 Å². The van der Waals surface area contributed by atoms with Gasteiger partial charge in [0.1, 0.15) is 0 Å². The average Bonchev–Trinajstić information content (AvgIpc) is 2.47. The molecule has 0 amide bonds. The third-order valence-corrected chi connectivity index (χ3v) is 12.2.